The quantitative estimate of drug-likeness (QED) is 0.780. The van der Waals surface area contributed by atoms with Gasteiger partial charge in [0.1, 0.15) is 5.75 Å². The van der Waals surface area contributed by atoms with Crippen LogP contribution in [0.5, 0.6) is 5.75 Å². The molecule has 0 atom stereocenters. The minimum absolute atomic E-state index is 0.248. The number of nitrogens with two attached hydrogens (primary N) is 1. The van der Waals surface area contributed by atoms with Gasteiger partial charge in [-0.25, -0.2) is 0 Å². The summed E-state index contributed by atoms with van der Waals surface area (Å²) in [7, 11) is 0. The summed E-state index contributed by atoms with van der Waals surface area (Å²) in [6.07, 6.45) is 7.96. The zero-order valence-electron chi connectivity index (χ0n) is 9.93. The van der Waals surface area contributed by atoms with Gasteiger partial charge >= 0.3 is 0 Å². The van der Waals surface area contributed by atoms with Gasteiger partial charge in [0.2, 0.25) is 0 Å². The lowest BCUT2D eigenvalue weighted by Crippen LogP contribution is -2.22. The maximum absolute atomic E-state index is 10.3. The van der Waals surface area contributed by atoms with Gasteiger partial charge in [-0.3, -0.25) is 0 Å². The molecule has 2 aliphatic rings. The molecule has 0 amide bonds. The Labute approximate surface area is 110 Å². The van der Waals surface area contributed by atoms with E-state index in [0.717, 1.165) is 35.7 Å². The highest BCUT2D eigenvalue weighted by Crippen LogP contribution is 2.51. The van der Waals surface area contributed by atoms with Gasteiger partial charge in [0, 0.05) is 11.1 Å². The van der Waals surface area contributed by atoms with Crippen molar-refractivity contribution in [3.8, 4) is 5.75 Å². The van der Waals surface area contributed by atoms with Gasteiger partial charge in [-0.05, 0) is 71.6 Å². The van der Waals surface area contributed by atoms with E-state index >= 15 is 0 Å². The second-order valence-corrected chi connectivity index (χ2v) is 6.29. The number of halogens is 1. The van der Waals surface area contributed by atoms with Crippen molar-refractivity contribution in [2.24, 2.45) is 5.73 Å². The molecule has 0 aromatic heterocycles. The molecule has 3 N–H and O–H groups in total. The highest BCUT2D eigenvalue weighted by atomic mass is 79.9. The third-order valence-electron chi connectivity index (χ3n) is 4.11. The number of aryl methyl sites for hydroxylation is 1. The number of phenols is 1. The molecule has 1 aromatic rings. The lowest BCUT2D eigenvalue weighted by atomic mass is 9.91. The van der Waals surface area contributed by atoms with Gasteiger partial charge in [0.15, 0.2) is 0 Å². The number of hydrogen-bond acceptors (Lipinski definition) is 2. The van der Waals surface area contributed by atoms with E-state index in [-0.39, 0.29) is 5.54 Å². The molecular weight excluding hydrogens is 278 g/mol. The van der Waals surface area contributed by atoms with E-state index in [4.69, 9.17) is 5.73 Å². The highest BCUT2D eigenvalue weighted by Gasteiger charge is 2.44. The molecule has 0 spiro atoms. The van der Waals surface area contributed by atoms with Crippen LogP contribution in [0, 0.1) is 0 Å². The summed E-state index contributed by atoms with van der Waals surface area (Å²) in [5.41, 5.74) is 9.84. The number of hydrogen-bond donors (Lipinski definition) is 2. The summed E-state index contributed by atoms with van der Waals surface area (Å²) in [4.78, 5) is 0. The van der Waals surface area contributed by atoms with E-state index in [1.165, 1.54) is 30.4 Å². The van der Waals surface area contributed by atoms with Gasteiger partial charge in [0.05, 0.1) is 4.47 Å². The first kappa shape index (κ1) is 11.5. The van der Waals surface area contributed by atoms with Crippen LogP contribution in [0.1, 0.15) is 48.8 Å². The van der Waals surface area contributed by atoms with E-state index in [2.05, 4.69) is 22.0 Å². The summed E-state index contributed by atoms with van der Waals surface area (Å²) < 4.78 is 0.810. The van der Waals surface area contributed by atoms with Crippen LogP contribution >= 0.6 is 15.9 Å². The van der Waals surface area contributed by atoms with Crippen molar-refractivity contribution in [1.29, 1.82) is 0 Å². The van der Waals surface area contributed by atoms with E-state index in [9.17, 15) is 5.11 Å². The third kappa shape index (κ3) is 1.89. The van der Waals surface area contributed by atoms with Crippen molar-refractivity contribution in [1.82, 2.24) is 0 Å². The molecule has 1 fully saturated rings. The van der Waals surface area contributed by atoms with Crippen LogP contribution in [-0.2, 0) is 18.4 Å². The maximum Gasteiger partial charge on any atom is 0.135 e. The molecule has 0 aliphatic heterocycles. The first-order chi connectivity index (χ1) is 8.12. The van der Waals surface area contributed by atoms with Crippen molar-refractivity contribution in [2.75, 3.05) is 0 Å². The summed E-state index contributed by atoms with van der Waals surface area (Å²) in [5, 5.41) is 10.3. The Morgan fingerprint density at radius 2 is 1.88 bits per heavy atom. The Morgan fingerprint density at radius 1 is 1.18 bits per heavy atom. The fourth-order valence-electron chi connectivity index (χ4n) is 2.95. The van der Waals surface area contributed by atoms with Crippen LogP contribution in [0.15, 0.2) is 10.5 Å². The van der Waals surface area contributed by atoms with Crippen LogP contribution in [0.2, 0.25) is 0 Å². The molecule has 2 aliphatic carbocycles. The Balaban J connectivity index is 2.20. The molecule has 17 heavy (non-hydrogen) atoms. The van der Waals surface area contributed by atoms with Crippen LogP contribution in [0.3, 0.4) is 0 Å². The van der Waals surface area contributed by atoms with Gasteiger partial charge in [-0.2, -0.15) is 0 Å². The monoisotopic (exact) mass is 295 g/mol. The van der Waals surface area contributed by atoms with Crippen molar-refractivity contribution >= 4 is 15.9 Å². The molecule has 0 unspecified atom stereocenters. The normalized spacial score (nSPS) is 21.8. The fourth-order valence-corrected chi connectivity index (χ4v) is 3.43. The predicted molar refractivity (Wildman–Crippen MR) is 72.2 cm³/mol. The van der Waals surface area contributed by atoms with Crippen molar-refractivity contribution in [2.45, 2.75) is 50.5 Å². The molecule has 1 saturated carbocycles. The summed E-state index contributed by atoms with van der Waals surface area (Å²) in [6, 6.07) is 2.09. The van der Waals surface area contributed by atoms with Crippen LogP contribution in [-0.4, -0.2) is 5.11 Å². The number of benzene rings is 1. The summed E-state index contributed by atoms with van der Waals surface area (Å²) in [5.74, 6) is 0.380. The number of rotatable bonds is 1. The molecule has 0 radical (unpaired) electrons. The van der Waals surface area contributed by atoms with Gasteiger partial charge in [-0.15, -0.1) is 0 Å². The minimum atomic E-state index is -0.248. The molecule has 0 saturated heterocycles. The van der Waals surface area contributed by atoms with Crippen molar-refractivity contribution in [3.05, 3.63) is 27.2 Å². The average Bonchev–Trinajstić information content (AvgIpc) is 3.05. The molecular formula is C14H18BrNO. The summed E-state index contributed by atoms with van der Waals surface area (Å²) >= 11 is 3.47. The van der Waals surface area contributed by atoms with E-state index in [1.807, 2.05) is 0 Å². The molecule has 1 aromatic carbocycles. The molecule has 2 nitrogen and oxygen atoms in total. The summed E-state index contributed by atoms with van der Waals surface area (Å²) in [6.45, 7) is 0. The van der Waals surface area contributed by atoms with E-state index in [1.54, 1.807) is 0 Å². The minimum Gasteiger partial charge on any atom is -0.506 e. The van der Waals surface area contributed by atoms with E-state index < -0.39 is 0 Å². The highest BCUT2D eigenvalue weighted by molar-refractivity contribution is 9.10. The zero-order chi connectivity index (χ0) is 12.0. The molecule has 0 bridgehead atoms. The first-order valence-electron chi connectivity index (χ1n) is 6.44. The van der Waals surface area contributed by atoms with Gasteiger partial charge in [-0.1, -0.05) is 6.42 Å². The topological polar surface area (TPSA) is 46.2 Å². The SMILES string of the molecule is NC1(c2c(O)c(Br)cc3c2CCCCC3)CC1. The Bertz CT molecular complexity index is 466. The predicted octanol–water partition coefficient (Wildman–Crippen LogP) is 3.37. The largest absolute Gasteiger partial charge is 0.506 e. The second kappa shape index (κ2) is 3.99. The van der Waals surface area contributed by atoms with Crippen molar-refractivity contribution in [3.63, 3.8) is 0 Å². The number of fused-ring (bicyclic) bond motifs is 1. The zero-order valence-corrected chi connectivity index (χ0v) is 11.5. The molecule has 0 heterocycles. The van der Waals surface area contributed by atoms with Gasteiger partial charge < -0.3 is 10.8 Å². The van der Waals surface area contributed by atoms with Crippen LogP contribution < -0.4 is 5.73 Å². The standard InChI is InChI=1S/C14H18BrNO/c15-11-8-9-4-2-1-3-5-10(9)12(13(11)17)14(16)6-7-14/h8,17H,1-7,16H2. The lowest BCUT2D eigenvalue weighted by Gasteiger charge is -2.20. The number of aromatic hydroxyl groups is 1. The molecule has 3 heteroatoms. The van der Waals surface area contributed by atoms with Gasteiger partial charge in [0.25, 0.3) is 0 Å². The fraction of sp³-hybridized carbons (Fsp3) is 0.571. The smallest absolute Gasteiger partial charge is 0.135 e. The second-order valence-electron chi connectivity index (χ2n) is 5.44. The van der Waals surface area contributed by atoms with Crippen LogP contribution in [0.25, 0.3) is 0 Å². The van der Waals surface area contributed by atoms with Crippen molar-refractivity contribution < 1.29 is 5.11 Å². The first-order valence-corrected chi connectivity index (χ1v) is 7.24. The Morgan fingerprint density at radius 3 is 2.59 bits per heavy atom. The Kier molecular flexibility index (Phi) is 2.71. The molecule has 3 rings (SSSR count). The molecule has 92 valence electrons. The average molecular weight is 296 g/mol. The Hall–Kier alpha value is -0.540. The number of phenolic OH excluding ortho intramolecular Hbond substituents is 1. The lowest BCUT2D eigenvalue weighted by molar-refractivity contribution is 0.454. The van der Waals surface area contributed by atoms with E-state index in [0.29, 0.717) is 5.75 Å². The third-order valence-corrected chi connectivity index (χ3v) is 4.72. The maximum atomic E-state index is 10.3. The van der Waals surface area contributed by atoms with Crippen LogP contribution in [0.4, 0.5) is 0 Å².